The molecule has 0 bridgehead atoms. The van der Waals surface area contributed by atoms with E-state index in [2.05, 4.69) is 73.2 Å². The second kappa shape index (κ2) is 7.94. The van der Waals surface area contributed by atoms with Crippen molar-refractivity contribution in [3.8, 4) is 0 Å². The van der Waals surface area contributed by atoms with Gasteiger partial charge in [-0.15, -0.1) is 0 Å². The molecular formula is C17H22Ge. The monoisotopic (exact) mass is 300 g/mol. The summed E-state index contributed by atoms with van der Waals surface area (Å²) in [6.07, 6.45) is 8.43. The first-order valence-electron chi connectivity index (χ1n) is 6.33. The third-order valence-corrected chi connectivity index (χ3v) is 11.8. The van der Waals surface area contributed by atoms with Crippen molar-refractivity contribution in [2.24, 2.45) is 0 Å². The van der Waals surface area contributed by atoms with Crippen molar-refractivity contribution in [2.45, 2.75) is 15.8 Å². The fourth-order valence-corrected chi connectivity index (χ4v) is 8.82. The van der Waals surface area contributed by atoms with Crippen LogP contribution in [0.4, 0.5) is 0 Å². The van der Waals surface area contributed by atoms with Gasteiger partial charge in [-0.3, -0.25) is 0 Å². The van der Waals surface area contributed by atoms with Crippen LogP contribution < -0.4 is 0 Å². The minimum atomic E-state index is -2.07. The number of hydrogen-bond acceptors (Lipinski definition) is 0. The van der Waals surface area contributed by atoms with Gasteiger partial charge in [-0.1, -0.05) is 0 Å². The van der Waals surface area contributed by atoms with Gasteiger partial charge in [0.1, 0.15) is 0 Å². The van der Waals surface area contributed by atoms with E-state index in [4.69, 9.17) is 0 Å². The maximum atomic E-state index is 3.91. The maximum absolute atomic E-state index is 3.91. The Kier molecular flexibility index (Phi) is 6.52. The zero-order chi connectivity index (χ0) is 13.3. The van der Waals surface area contributed by atoms with Crippen LogP contribution in [-0.2, 0) is 0 Å². The first kappa shape index (κ1) is 14.8. The molecule has 0 aliphatic rings. The fraction of sp³-hybridized carbons (Fsp3) is 0.176. The quantitative estimate of drug-likeness (QED) is 0.454. The summed E-state index contributed by atoms with van der Waals surface area (Å²) in [5.74, 6) is 0. The van der Waals surface area contributed by atoms with Crippen LogP contribution in [0, 0.1) is 0 Å². The molecular weight excluding hydrogens is 277 g/mol. The molecule has 0 aliphatic carbocycles. The number of benzene rings is 1. The summed E-state index contributed by atoms with van der Waals surface area (Å²) in [5, 5.41) is 3.38. The molecule has 0 unspecified atom stereocenters. The molecule has 0 saturated carbocycles. The molecule has 1 aromatic carbocycles. The van der Waals surface area contributed by atoms with Crippen molar-refractivity contribution in [3.05, 3.63) is 78.8 Å². The molecule has 1 rings (SSSR count). The Morgan fingerprint density at radius 1 is 0.833 bits per heavy atom. The molecule has 0 N–H and O–H groups in total. The summed E-state index contributed by atoms with van der Waals surface area (Å²) in [7, 11) is 0. The predicted octanol–water partition coefficient (Wildman–Crippen LogP) is 5.25. The van der Waals surface area contributed by atoms with E-state index in [0.717, 1.165) is 15.8 Å². The first-order chi connectivity index (χ1) is 8.76. The summed E-state index contributed by atoms with van der Waals surface area (Å²) in [6.45, 7) is 11.7. The Balaban J connectivity index is 2.94. The van der Waals surface area contributed by atoms with Crippen LogP contribution in [0.25, 0.3) is 6.08 Å². The van der Waals surface area contributed by atoms with Crippen LogP contribution in [-0.4, -0.2) is 13.3 Å². The Morgan fingerprint density at radius 3 is 1.78 bits per heavy atom. The van der Waals surface area contributed by atoms with E-state index in [0.29, 0.717) is 0 Å². The zero-order valence-electron chi connectivity index (χ0n) is 11.0. The molecule has 94 valence electrons. The first-order valence-corrected chi connectivity index (χ1v) is 12.0. The SMILES string of the molecule is C=C[CH2][Ge]([CH]=Cc1ccccc1)([CH2]C=C)[CH2]C=C. The summed E-state index contributed by atoms with van der Waals surface area (Å²) in [6, 6.07) is 10.5. The van der Waals surface area contributed by atoms with Gasteiger partial charge in [0.05, 0.1) is 0 Å². The van der Waals surface area contributed by atoms with E-state index in [1.54, 1.807) is 0 Å². The molecule has 0 radical (unpaired) electrons. The third-order valence-electron chi connectivity index (χ3n) is 3.08. The average molecular weight is 299 g/mol. The molecule has 0 nitrogen and oxygen atoms in total. The van der Waals surface area contributed by atoms with Crippen molar-refractivity contribution in [1.29, 1.82) is 0 Å². The number of hydrogen-bond donors (Lipinski definition) is 0. The van der Waals surface area contributed by atoms with E-state index in [1.807, 2.05) is 6.07 Å². The van der Waals surface area contributed by atoms with Gasteiger partial charge in [0, 0.05) is 0 Å². The van der Waals surface area contributed by atoms with Gasteiger partial charge in [0.25, 0.3) is 0 Å². The Hall–Kier alpha value is -1.28. The van der Waals surface area contributed by atoms with Gasteiger partial charge in [0.15, 0.2) is 0 Å². The Labute approximate surface area is 114 Å². The van der Waals surface area contributed by atoms with Crippen molar-refractivity contribution < 1.29 is 0 Å². The molecule has 0 spiro atoms. The van der Waals surface area contributed by atoms with Crippen LogP contribution in [0.3, 0.4) is 0 Å². The van der Waals surface area contributed by atoms with Crippen LogP contribution in [0.15, 0.2) is 73.2 Å². The van der Waals surface area contributed by atoms with Crippen molar-refractivity contribution in [1.82, 2.24) is 0 Å². The van der Waals surface area contributed by atoms with Crippen LogP contribution in [0.2, 0.25) is 15.8 Å². The average Bonchev–Trinajstić information content (AvgIpc) is 2.39. The molecule has 0 aliphatic heterocycles. The molecule has 1 heteroatoms. The third kappa shape index (κ3) is 4.54. The second-order valence-electron chi connectivity index (χ2n) is 4.58. The zero-order valence-corrected chi connectivity index (χ0v) is 13.1. The summed E-state index contributed by atoms with van der Waals surface area (Å²) in [5.41, 5.74) is 1.27. The van der Waals surface area contributed by atoms with Gasteiger partial charge in [-0.05, 0) is 0 Å². The predicted molar refractivity (Wildman–Crippen MR) is 86.2 cm³/mol. The molecule has 0 fully saturated rings. The Morgan fingerprint density at radius 2 is 1.33 bits per heavy atom. The van der Waals surface area contributed by atoms with Crippen LogP contribution >= 0.6 is 0 Å². The van der Waals surface area contributed by atoms with Gasteiger partial charge in [-0.25, -0.2) is 0 Å². The number of rotatable bonds is 8. The van der Waals surface area contributed by atoms with Crippen molar-refractivity contribution in [3.63, 3.8) is 0 Å². The van der Waals surface area contributed by atoms with E-state index in [9.17, 15) is 0 Å². The van der Waals surface area contributed by atoms with Crippen LogP contribution in [0.1, 0.15) is 5.56 Å². The van der Waals surface area contributed by atoms with E-state index in [1.165, 1.54) is 5.56 Å². The van der Waals surface area contributed by atoms with E-state index >= 15 is 0 Å². The van der Waals surface area contributed by atoms with Crippen LogP contribution in [0.5, 0.6) is 0 Å². The normalized spacial score (nSPS) is 11.3. The summed E-state index contributed by atoms with van der Waals surface area (Å²) >= 11 is -2.07. The molecule has 0 heterocycles. The van der Waals surface area contributed by atoms with Gasteiger partial charge in [0.2, 0.25) is 0 Å². The molecule has 18 heavy (non-hydrogen) atoms. The van der Waals surface area contributed by atoms with Crippen molar-refractivity contribution >= 4 is 19.3 Å². The minimum absolute atomic E-state index is 1.13. The topological polar surface area (TPSA) is 0 Å². The molecule has 0 aromatic heterocycles. The molecule has 0 saturated heterocycles. The number of allylic oxidation sites excluding steroid dienone is 3. The van der Waals surface area contributed by atoms with E-state index in [-0.39, 0.29) is 0 Å². The van der Waals surface area contributed by atoms with Gasteiger partial charge >= 0.3 is 114 Å². The molecule has 1 aromatic rings. The van der Waals surface area contributed by atoms with E-state index < -0.39 is 13.3 Å². The molecule has 0 amide bonds. The Bertz CT molecular complexity index is 388. The standard InChI is InChI=1S/C17H22Ge/c1-4-13-18(14-5-2,15-6-3)16-12-17-10-8-7-9-11-17/h4-12,16H,1-3,13-15H2. The van der Waals surface area contributed by atoms with Gasteiger partial charge in [-0.2, -0.15) is 0 Å². The van der Waals surface area contributed by atoms with Gasteiger partial charge < -0.3 is 0 Å². The summed E-state index contributed by atoms with van der Waals surface area (Å²) in [4.78, 5) is 2.46. The summed E-state index contributed by atoms with van der Waals surface area (Å²) < 4.78 is 0. The van der Waals surface area contributed by atoms with Crippen molar-refractivity contribution in [2.75, 3.05) is 0 Å². The molecule has 0 atom stereocenters. The fourth-order valence-electron chi connectivity index (χ4n) is 2.15. The second-order valence-corrected chi connectivity index (χ2v) is 13.6.